The number of hydrogen-bond donors (Lipinski definition) is 2. The van der Waals surface area contributed by atoms with E-state index in [1.54, 1.807) is 20.8 Å². The molecule has 1 aromatic carbocycles. The van der Waals surface area contributed by atoms with Gasteiger partial charge >= 0.3 is 0 Å². The fraction of sp³-hybridized carbons (Fsp3) is 0.400. The molecule has 0 radical (unpaired) electrons. The smallest absolute Gasteiger partial charge is 0.164 e. The predicted octanol–water partition coefficient (Wildman–Crippen LogP) is 2.03. The van der Waals surface area contributed by atoms with Crippen LogP contribution in [0.4, 0.5) is 0 Å². The van der Waals surface area contributed by atoms with E-state index in [2.05, 4.69) is 0 Å². The van der Waals surface area contributed by atoms with Crippen molar-refractivity contribution < 1.29 is 14.9 Å². The Kier molecular flexibility index (Phi) is 2.36. The van der Waals surface area contributed by atoms with Crippen molar-refractivity contribution in [2.45, 2.75) is 20.8 Å². The number of aromatic hydroxyl groups is 2. The number of methoxy groups -OCH3 is 1. The average molecular weight is 182 g/mol. The highest BCUT2D eigenvalue weighted by molar-refractivity contribution is 5.60. The van der Waals surface area contributed by atoms with Gasteiger partial charge in [-0.15, -0.1) is 0 Å². The summed E-state index contributed by atoms with van der Waals surface area (Å²) in [4.78, 5) is 0. The molecule has 0 unspecified atom stereocenters. The highest BCUT2D eigenvalue weighted by Crippen LogP contribution is 2.41. The fourth-order valence-corrected chi connectivity index (χ4v) is 1.34. The molecule has 0 amide bonds. The van der Waals surface area contributed by atoms with Gasteiger partial charge in [0.15, 0.2) is 11.5 Å². The van der Waals surface area contributed by atoms with Crippen LogP contribution in [0.3, 0.4) is 0 Å². The molecule has 3 heteroatoms. The van der Waals surface area contributed by atoms with Crippen LogP contribution in [0.25, 0.3) is 0 Å². The van der Waals surface area contributed by atoms with Crippen LogP contribution >= 0.6 is 0 Å². The summed E-state index contributed by atoms with van der Waals surface area (Å²) >= 11 is 0. The van der Waals surface area contributed by atoms with Gasteiger partial charge in [-0.05, 0) is 26.3 Å². The van der Waals surface area contributed by atoms with Gasteiger partial charge in [0, 0.05) is 11.1 Å². The van der Waals surface area contributed by atoms with E-state index in [9.17, 15) is 10.2 Å². The summed E-state index contributed by atoms with van der Waals surface area (Å²) in [6.45, 7) is 5.24. The molecule has 0 fully saturated rings. The van der Waals surface area contributed by atoms with Gasteiger partial charge in [-0.25, -0.2) is 0 Å². The molecule has 0 saturated carbocycles. The van der Waals surface area contributed by atoms with E-state index in [1.165, 1.54) is 7.11 Å². The maximum atomic E-state index is 9.60. The van der Waals surface area contributed by atoms with E-state index in [0.29, 0.717) is 11.3 Å². The SMILES string of the molecule is COc1c(C)c(C)c(O)c(C)c1O. The summed E-state index contributed by atoms with van der Waals surface area (Å²) in [6, 6.07) is 0. The molecule has 2 N–H and O–H groups in total. The average Bonchev–Trinajstić information content (AvgIpc) is 2.13. The zero-order valence-electron chi connectivity index (χ0n) is 8.30. The molecule has 0 aliphatic carbocycles. The summed E-state index contributed by atoms with van der Waals surface area (Å²) < 4.78 is 5.03. The molecule has 3 nitrogen and oxygen atoms in total. The molecule has 0 spiro atoms. The van der Waals surface area contributed by atoms with Gasteiger partial charge in [-0.2, -0.15) is 0 Å². The minimum Gasteiger partial charge on any atom is -0.507 e. The molecule has 1 rings (SSSR count). The molecular weight excluding hydrogens is 168 g/mol. The first-order valence-corrected chi connectivity index (χ1v) is 4.06. The van der Waals surface area contributed by atoms with Crippen LogP contribution in [0, 0.1) is 20.8 Å². The molecule has 1 aromatic rings. The normalized spacial score (nSPS) is 10.2. The molecule has 72 valence electrons. The summed E-state index contributed by atoms with van der Waals surface area (Å²) in [6.07, 6.45) is 0. The van der Waals surface area contributed by atoms with Crippen molar-refractivity contribution >= 4 is 0 Å². The first-order valence-electron chi connectivity index (χ1n) is 4.06. The van der Waals surface area contributed by atoms with Crippen LogP contribution in [0.2, 0.25) is 0 Å². The van der Waals surface area contributed by atoms with Crippen molar-refractivity contribution in [1.82, 2.24) is 0 Å². The number of benzene rings is 1. The maximum absolute atomic E-state index is 9.60. The maximum Gasteiger partial charge on any atom is 0.164 e. The first kappa shape index (κ1) is 9.71. The van der Waals surface area contributed by atoms with Gasteiger partial charge in [0.05, 0.1) is 7.11 Å². The minimum absolute atomic E-state index is 0.0168. The summed E-state index contributed by atoms with van der Waals surface area (Å²) in [7, 11) is 1.50. The summed E-state index contributed by atoms with van der Waals surface area (Å²) in [5, 5.41) is 19.2. The zero-order valence-corrected chi connectivity index (χ0v) is 8.30. The van der Waals surface area contributed by atoms with Gasteiger partial charge in [0.2, 0.25) is 0 Å². The van der Waals surface area contributed by atoms with E-state index in [-0.39, 0.29) is 11.5 Å². The molecule has 0 aliphatic heterocycles. The fourth-order valence-electron chi connectivity index (χ4n) is 1.34. The molecule has 0 saturated heterocycles. The van der Waals surface area contributed by atoms with Crippen molar-refractivity contribution in [3.63, 3.8) is 0 Å². The molecule has 0 atom stereocenters. The molecule has 0 heterocycles. The standard InChI is InChI=1S/C10H14O3/c1-5-6(2)10(13-4)9(12)7(3)8(5)11/h11-12H,1-4H3. The third-order valence-electron chi connectivity index (χ3n) is 2.39. The second-order valence-electron chi connectivity index (χ2n) is 3.11. The quantitative estimate of drug-likeness (QED) is 0.698. The molecule has 0 aliphatic rings. The lowest BCUT2D eigenvalue weighted by atomic mass is 10.0. The Labute approximate surface area is 77.6 Å². The molecule has 0 bridgehead atoms. The van der Waals surface area contributed by atoms with Crippen LogP contribution in [0.1, 0.15) is 16.7 Å². The number of ether oxygens (including phenoxy) is 1. The topological polar surface area (TPSA) is 49.7 Å². The van der Waals surface area contributed by atoms with E-state index in [4.69, 9.17) is 4.74 Å². The zero-order chi connectivity index (χ0) is 10.2. The van der Waals surface area contributed by atoms with Gasteiger partial charge in [0.1, 0.15) is 5.75 Å². The van der Waals surface area contributed by atoms with E-state index in [0.717, 1.165) is 11.1 Å². The third-order valence-corrected chi connectivity index (χ3v) is 2.39. The lowest BCUT2D eigenvalue weighted by Gasteiger charge is -2.14. The van der Waals surface area contributed by atoms with Crippen LogP contribution < -0.4 is 4.74 Å². The van der Waals surface area contributed by atoms with Crippen LogP contribution in [0.15, 0.2) is 0 Å². The first-order chi connectivity index (χ1) is 6.00. The predicted molar refractivity (Wildman–Crippen MR) is 50.5 cm³/mol. The lowest BCUT2D eigenvalue weighted by molar-refractivity contribution is 0.363. The highest BCUT2D eigenvalue weighted by atomic mass is 16.5. The molecular formula is C10H14O3. The van der Waals surface area contributed by atoms with Crippen molar-refractivity contribution in [3.8, 4) is 17.2 Å². The van der Waals surface area contributed by atoms with Gasteiger partial charge in [-0.1, -0.05) is 0 Å². The van der Waals surface area contributed by atoms with Crippen LogP contribution in [-0.2, 0) is 0 Å². The van der Waals surface area contributed by atoms with Crippen molar-refractivity contribution in [2.24, 2.45) is 0 Å². The van der Waals surface area contributed by atoms with Crippen LogP contribution in [0.5, 0.6) is 17.2 Å². The van der Waals surface area contributed by atoms with Crippen molar-refractivity contribution in [1.29, 1.82) is 0 Å². The molecule has 0 aromatic heterocycles. The third kappa shape index (κ3) is 1.30. The highest BCUT2D eigenvalue weighted by Gasteiger charge is 2.16. The number of rotatable bonds is 1. The largest absolute Gasteiger partial charge is 0.507 e. The van der Waals surface area contributed by atoms with Gasteiger partial charge < -0.3 is 14.9 Å². The van der Waals surface area contributed by atoms with E-state index < -0.39 is 0 Å². The Morgan fingerprint density at radius 3 is 1.85 bits per heavy atom. The van der Waals surface area contributed by atoms with Gasteiger partial charge in [-0.3, -0.25) is 0 Å². The minimum atomic E-state index is 0.0168. The Balaban J connectivity index is 3.56. The number of hydrogen-bond acceptors (Lipinski definition) is 3. The lowest BCUT2D eigenvalue weighted by Crippen LogP contribution is -1.94. The summed E-state index contributed by atoms with van der Waals surface area (Å²) in [5.74, 6) is 0.590. The molecule has 13 heavy (non-hydrogen) atoms. The Bertz CT molecular complexity index is 314. The Hall–Kier alpha value is -1.38. The Morgan fingerprint density at radius 1 is 0.846 bits per heavy atom. The van der Waals surface area contributed by atoms with E-state index in [1.807, 2.05) is 0 Å². The summed E-state index contributed by atoms with van der Waals surface area (Å²) in [5.41, 5.74) is 1.97. The van der Waals surface area contributed by atoms with Crippen LogP contribution in [-0.4, -0.2) is 17.3 Å². The van der Waals surface area contributed by atoms with Crippen molar-refractivity contribution in [2.75, 3.05) is 7.11 Å². The van der Waals surface area contributed by atoms with E-state index >= 15 is 0 Å². The second kappa shape index (κ2) is 3.17. The number of phenols is 2. The van der Waals surface area contributed by atoms with Crippen molar-refractivity contribution in [3.05, 3.63) is 16.7 Å². The van der Waals surface area contributed by atoms with Gasteiger partial charge in [0.25, 0.3) is 0 Å². The monoisotopic (exact) mass is 182 g/mol. The second-order valence-corrected chi connectivity index (χ2v) is 3.11. The Morgan fingerprint density at radius 2 is 1.38 bits per heavy atom. The number of phenolic OH excluding ortho intramolecular Hbond substituents is 2.